The van der Waals surface area contributed by atoms with Crippen LogP contribution in [-0.2, 0) is 0 Å². The lowest BCUT2D eigenvalue weighted by atomic mass is 9.98. The molecular formula is C23H21NO4. The minimum absolute atomic E-state index is 0.198. The van der Waals surface area contributed by atoms with E-state index in [0.29, 0.717) is 40.5 Å². The number of ketones is 1. The topological polar surface area (TPSA) is 64.6 Å². The van der Waals surface area contributed by atoms with Crippen molar-refractivity contribution in [2.24, 2.45) is 0 Å². The molecular weight excluding hydrogens is 354 g/mol. The largest absolute Gasteiger partial charge is 0.493 e. The number of hydrogen-bond acceptors (Lipinski definition) is 4. The number of methoxy groups -OCH3 is 1. The second kappa shape index (κ2) is 8.86. The Hall–Kier alpha value is -3.60. The Balaban J connectivity index is 1.87. The van der Waals surface area contributed by atoms with Gasteiger partial charge in [-0.3, -0.25) is 9.59 Å². The molecule has 1 N–H and O–H groups in total. The lowest BCUT2D eigenvalue weighted by Crippen LogP contribution is -2.17. The summed E-state index contributed by atoms with van der Waals surface area (Å²) < 4.78 is 10.8. The minimum Gasteiger partial charge on any atom is -0.493 e. The van der Waals surface area contributed by atoms with Crippen LogP contribution in [-0.4, -0.2) is 25.4 Å². The SMILES string of the molecule is CCOc1ccc(NC(=O)c2ccccc2C(=O)c2ccccc2)cc1OC. The smallest absolute Gasteiger partial charge is 0.256 e. The number of carbonyl (C=O) groups excluding carboxylic acids is 2. The van der Waals surface area contributed by atoms with Gasteiger partial charge in [-0.25, -0.2) is 0 Å². The van der Waals surface area contributed by atoms with Crippen LogP contribution >= 0.6 is 0 Å². The highest BCUT2D eigenvalue weighted by Crippen LogP contribution is 2.30. The fraction of sp³-hybridized carbons (Fsp3) is 0.130. The van der Waals surface area contributed by atoms with Crippen LogP contribution < -0.4 is 14.8 Å². The molecule has 0 fully saturated rings. The Labute approximate surface area is 163 Å². The van der Waals surface area contributed by atoms with Crippen LogP contribution in [0.4, 0.5) is 5.69 Å². The zero-order valence-corrected chi connectivity index (χ0v) is 15.8. The van der Waals surface area contributed by atoms with E-state index in [1.165, 1.54) is 7.11 Å². The summed E-state index contributed by atoms with van der Waals surface area (Å²) in [5.41, 5.74) is 1.74. The van der Waals surface area contributed by atoms with E-state index in [1.54, 1.807) is 66.7 Å². The van der Waals surface area contributed by atoms with Crippen LogP contribution in [0.2, 0.25) is 0 Å². The third-order valence-corrected chi connectivity index (χ3v) is 4.17. The summed E-state index contributed by atoms with van der Waals surface area (Å²) >= 11 is 0. The van der Waals surface area contributed by atoms with Gasteiger partial charge in [-0.2, -0.15) is 0 Å². The Morgan fingerprint density at radius 3 is 2.21 bits per heavy atom. The number of carbonyl (C=O) groups is 2. The molecule has 5 heteroatoms. The summed E-state index contributed by atoms with van der Waals surface area (Å²) in [6.07, 6.45) is 0. The molecule has 0 spiro atoms. The normalized spacial score (nSPS) is 10.2. The molecule has 3 rings (SSSR count). The summed E-state index contributed by atoms with van der Waals surface area (Å²) in [7, 11) is 1.54. The van der Waals surface area contributed by atoms with Gasteiger partial charge < -0.3 is 14.8 Å². The van der Waals surface area contributed by atoms with Gasteiger partial charge in [0.2, 0.25) is 0 Å². The molecule has 0 atom stereocenters. The third-order valence-electron chi connectivity index (χ3n) is 4.17. The van der Waals surface area contributed by atoms with Crippen molar-refractivity contribution >= 4 is 17.4 Å². The molecule has 0 unspecified atom stereocenters. The molecule has 3 aromatic carbocycles. The molecule has 0 aliphatic carbocycles. The van der Waals surface area contributed by atoms with Gasteiger partial charge in [-0.15, -0.1) is 0 Å². The third kappa shape index (κ3) is 4.20. The Morgan fingerprint density at radius 2 is 1.54 bits per heavy atom. The zero-order chi connectivity index (χ0) is 19.9. The van der Waals surface area contributed by atoms with E-state index in [0.717, 1.165) is 0 Å². The summed E-state index contributed by atoms with van der Waals surface area (Å²) in [6.45, 7) is 2.40. The lowest BCUT2D eigenvalue weighted by Gasteiger charge is -2.13. The van der Waals surface area contributed by atoms with E-state index in [2.05, 4.69) is 5.32 Å². The first kappa shape index (κ1) is 19.2. The molecule has 0 saturated heterocycles. The van der Waals surface area contributed by atoms with E-state index >= 15 is 0 Å². The molecule has 1 amide bonds. The number of hydrogen-bond donors (Lipinski definition) is 1. The van der Waals surface area contributed by atoms with Crippen LogP contribution in [0.25, 0.3) is 0 Å². The first-order valence-electron chi connectivity index (χ1n) is 8.95. The number of nitrogens with one attached hydrogen (secondary N) is 1. The van der Waals surface area contributed by atoms with Gasteiger partial charge in [0.05, 0.1) is 19.3 Å². The predicted molar refractivity (Wildman–Crippen MR) is 108 cm³/mol. The van der Waals surface area contributed by atoms with Gasteiger partial charge in [-0.05, 0) is 25.1 Å². The highest BCUT2D eigenvalue weighted by molar-refractivity contribution is 6.17. The molecule has 0 aliphatic heterocycles. The lowest BCUT2D eigenvalue weighted by molar-refractivity contribution is 0.0996. The first-order chi connectivity index (χ1) is 13.6. The van der Waals surface area contributed by atoms with Crippen LogP contribution in [0.3, 0.4) is 0 Å². The van der Waals surface area contributed by atoms with Crippen molar-refractivity contribution in [1.82, 2.24) is 0 Å². The van der Waals surface area contributed by atoms with Gasteiger partial charge in [-0.1, -0.05) is 48.5 Å². The number of amides is 1. The quantitative estimate of drug-likeness (QED) is 0.614. The maximum atomic E-state index is 12.8. The van der Waals surface area contributed by atoms with Crippen molar-refractivity contribution in [3.63, 3.8) is 0 Å². The molecule has 0 bridgehead atoms. The van der Waals surface area contributed by atoms with E-state index < -0.39 is 0 Å². The average molecular weight is 375 g/mol. The fourth-order valence-electron chi connectivity index (χ4n) is 2.84. The second-order valence-corrected chi connectivity index (χ2v) is 5.99. The van der Waals surface area contributed by atoms with Gasteiger partial charge in [0.1, 0.15) is 0 Å². The molecule has 3 aromatic rings. The van der Waals surface area contributed by atoms with Gasteiger partial charge in [0, 0.05) is 22.9 Å². The minimum atomic E-state index is -0.369. The molecule has 0 aliphatic rings. The van der Waals surface area contributed by atoms with Gasteiger partial charge in [0.25, 0.3) is 5.91 Å². The van der Waals surface area contributed by atoms with Gasteiger partial charge in [0.15, 0.2) is 17.3 Å². The Morgan fingerprint density at radius 1 is 0.857 bits per heavy atom. The van der Waals surface area contributed by atoms with E-state index in [4.69, 9.17) is 9.47 Å². The fourth-order valence-corrected chi connectivity index (χ4v) is 2.84. The molecule has 0 radical (unpaired) electrons. The van der Waals surface area contributed by atoms with Crippen molar-refractivity contribution in [2.45, 2.75) is 6.92 Å². The van der Waals surface area contributed by atoms with Crippen molar-refractivity contribution in [2.75, 3.05) is 19.0 Å². The van der Waals surface area contributed by atoms with E-state index in [9.17, 15) is 9.59 Å². The maximum absolute atomic E-state index is 12.8. The number of rotatable bonds is 7. The average Bonchev–Trinajstić information content (AvgIpc) is 2.75. The van der Waals surface area contributed by atoms with Crippen LogP contribution in [0.15, 0.2) is 72.8 Å². The number of benzene rings is 3. The molecule has 5 nitrogen and oxygen atoms in total. The summed E-state index contributed by atoms with van der Waals surface area (Å²) in [5, 5.41) is 2.82. The van der Waals surface area contributed by atoms with Gasteiger partial charge >= 0.3 is 0 Å². The molecule has 0 aromatic heterocycles. The highest BCUT2D eigenvalue weighted by Gasteiger charge is 2.18. The predicted octanol–water partition coefficient (Wildman–Crippen LogP) is 4.58. The van der Waals surface area contributed by atoms with Crippen LogP contribution in [0.5, 0.6) is 11.5 Å². The van der Waals surface area contributed by atoms with E-state index in [1.807, 2.05) is 13.0 Å². The van der Waals surface area contributed by atoms with Crippen molar-refractivity contribution < 1.29 is 19.1 Å². The van der Waals surface area contributed by atoms with Crippen LogP contribution in [0, 0.1) is 0 Å². The monoisotopic (exact) mass is 375 g/mol. The summed E-state index contributed by atoms with van der Waals surface area (Å²) in [4.78, 5) is 25.7. The van der Waals surface area contributed by atoms with E-state index in [-0.39, 0.29) is 11.7 Å². The van der Waals surface area contributed by atoms with Crippen molar-refractivity contribution in [1.29, 1.82) is 0 Å². The maximum Gasteiger partial charge on any atom is 0.256 e. The van der Waals surface area contributed by atoms with Crippen molar-refractivity contribution in [3.8, 4) is 11.5 Å². The van der Waals surface area contributed by atoms with Crippen LogP contribution in [0.1, 0.15) is 33.2 Å². The molecule has 28 heavy (non-hydrogen) atoms. The zero-order valence-electron chi connectivity index (χ0n) is 15.8. The summed E-state index contributed by atoms with van der Waals surface area (Å²) in [6, 6.07) is 20.8. The molecule has 142 valence electrons. The number of ether oxygens (including phenoxy) is 2. The Bertz CT molecular complexity index is 983. The standard InChI is InChI=1S/C23H21NO4/c1-3-28-20-14-13-17(15-21(20)27-2)24-23(26)19-12-8-7-11-18(19)22(25)16-9-5-4-6-10-16/h4-15H,3H2,1-2H3,(H,24,26). The summed E-state index contributed by atoms with van der Waals surface area (Å²) in [5.74, 6) is 0.553. The number of anilines is 1. The molecule has 0 saturated carbocycles. The first-order valence-corrected chi connectivity index (χ1v) is 8.95. The molecule has 0 heterocycles. The second-order valence-electron chi connectivity index (χ2n) is 5.99. The Kier molecular flexibility index (Phi) is 6.07. The highest BCUT2D eigenvalue weighted by atomic mass is 16.5. The van der Waals surface area contributed by atoms with Crippen molar-refractivity contribution in [3.05, 3.63) is 89.5 Å².